The van der Waals surface area contributed by atoms with Crippen LogP contribution >= 0.6 is 15.9 Å². The first kappa shape index (κ1) is 15.2. The quantitative estimate of drug-likeness (QED) is 0.886. The smallest absolute Gasteiger partial charge is 0.335 e. The molecule has 0 atom stereocenters. The predicted molar refractivity (Wildman–Crippen MR) is 79.8 cm³/mol. The van der Waals surface area contributed by atoms with E-state index in [9.17, 15) is 14.0 Å². The summed E-state index contributed by atoms with van der Waals surface area (Å²) in [6, 6.07) is 10.5. The molecule has 0 saturated carbocycles. The molecule has 2 aromatic carbocycles. The van der Waals surface area contributed by atoms with Crippen molar-refractivity contribution in [3.63, 3.8) is 0 Å². The summed E-state index contributed by atoms with van der Waals surface area (Å²) in [4.78, 5) is 22.5. The third kappa shape index (κ3) is 4.13. The number of hydrogen-bond donors (Lipinski definition) is 2. The van der Waals surface area contributed by atoms with Gasteiger partial charge in [-0.15, -0.1) is 0 Å². The molecule has 0 aliphatic rings. The van der Waals surface area contributed by atoms with Crippen LogP contribution in [-0.4, -0.2) is 17.0 Å². The van der Waals surface area contributed by atoms with Crippen LogP contribution in [0.5, 0.6) is 0 Å². The minimum atomic E-state index is -1.22. The van der Waals surface area contributed by atoms with Crippen molar-refractivity contribution in [1.82, 2.24) is 0 Å². The Morgan fingerprint density at radius 1 is 1.14 bits per heavy atom. The summed E-state index contributed by atoms with van der Waals surface area (Å²) in [6.45, 7) is 0. The largest absolute Gasteiger partial charge is 0.478 e. The first-order valence-electron chi connectivity index (χ1n) is 6.03. The molecular formula is C15H11BrFNO3. The zero-order chi connectivity index (χ0) is 15.4. The molecule has 0 saturated heterocycles. The van der Waals surface area contributed by atoms with Gasteiger partial charge in [0.25, 0.3) is 0 Å². The van der Waals surface area contributed by atoms with Crippen molar-refractivity contribution < 1.29 is 19.1 Å². The number of rotatable bonds is 4. The van der Waals surface area contributed by atoms with E-state index in [1.54, 1.807) is 12.1 Å². The lowest BCUT2D eigenvalue weighted by molar-refractivity contribution is -0.115. The van der Waals surface area contributed by atoms with Gasteiger partial charge in [0, 0.05) is 4.47 Å². The first-order valence-corrected chi connectivity index (χ1v) is 6.82. The number of carboxylic acid groups (broad SMARTS) is 1. The predicted octanol–water partition coefficient (Wildman–Crippen LogP) is 3.47. The lowest BCUT2D eigenvalue weighted by Crippen LogP contribution is -2.15. The highest BCUT2D eigenvalue weighted by molar-refractivity contribution is 9.10. The Balaban J connectivity index is 2.06. The van der Waals surface area contributed by atoms with E-state index in [1.165, 1.54) is 12.1 Å². The Labute approximate surface area is 128 Å². The van der Waals surface area contributed by atoms with Crippen LogP contribution in [0, 0.1) is 5.82 Å². The standard InChI is InChI=1S/C15H11BrFNO3/c16-11-4-1-9(2-5-11)7-14(19)18-13-6-3-10(15(20)21)8-12(13)17/h1-6,8H,7H2,(H,18,19)(H,20,21). The minimum Gasteiger partial charge on any atom is -0.478 e. The van der Waals surface area contributed by atoms with Crippen LogP contribution in [0.1, 0.15) is 15.9 Å². The molecule has 6 heteroatoms. The number of carboxylic acids is 1. The van der Waals surface area contributed by atoms with Gasteiger partial charge < -0.3 is 10.4 Å². The van der Waals surface area contributed by atoms with E-state index >= 15 is 0 Å². The Bertz CT molecular complexity index is 686. The molecule has 21 heavy (non-hydrogen) atoms. The van der Waals surface area contributed by atoms with Crippen molar-refractivity contribution in [1.29, 1.82) is 0 Å². The van der Waals surface area contributed by atoms with E-state index in [4.69, 9.17) is 5.11 Å². The molecule has 2 rings (SSSR count). The number of anilines is 1. The van der Waals surface area contributed by atoms with Gasteiger partial charge in [-0.2, -0.15) is 0 Å². The van der Waals surface area contributed by atoms with Crippen LogP contribution in [0.4, 0.5) is 10.1 Å². The summed E-state index contributed by atoms with van der Waals surface area (Å²) in [5.41, 5.74) is 0.582. The third-order valence-electron chi connectivity index (χ3n) is 2.77. The van der Waals surface area contributed by atoms with Crippen molar-refractivity contribution in [2.75, 3.05) is 5.32 Å². The summed E-state index contributed by atoms with van der Waals surface area (Å²) >= 11 is 3.30. The van der Waals surface area contributed by atoms with Gasteiger partial charge >= 0.3 is 5.97 Å². The number of benzene rings is 2. The molecule has 0 aliphatic heterocycles. The van der Waals surface area contributed by atoms with E-state index < -0.39 is 11.8 Å². The van der Waals surface area contributed by atoms with E-state index in [-0.39, 0.29) is 23.6 Å². The van der Waals surface area contributed by atoms with E-state index in [1.807, 2.05) is 12.1 Å². The molecule has 0 fully saturated rings. The second-order valence-electron chi connectivity index (χ2n) is 4.35. The van der Waals surface area contributed by atoms with Crippen LogP contribution in [-0.2, 0) is 11.2 Å². The Morgan fingerprint density at radius 2 is 1.81 bits per heavy atom. The van der Waals surface area contributed by atoms with Crippen LogP contribution < -0.4 is 5.32 Å². The summed E-state index contributed by atoms with van der Waals surface area (Å²) in [5, 5.41) is 11.2. The number of aromatic carboxylic acids is 1. The fraction of sp³-hybridized carbons (Fsp3) is 0.0667. The van der Waals surface area contributed by atoms with E-state index in [0.717, 1.165) is 16.1 Å². The van der Waals surface area contributed by atoms with Crippen LogP contribution in [0.15, 0.2) is 46.9 Å². The van der Waals surface area contributed by atoms with E-state index in [2.05, 4.69) is 21.2 Å². The minimum absolute atomic E-state index is 0.0397. The van der Waals surface area contributed by atoms with E-state index in [0.29, 0.717) is 0 Å². The number of nitrogens with one attached hydrogen (secondary N) is 1. The topological polar surface area (TPSA) is 66.4 Å². The van der Waals surface area contributed by atoms with Gasteiger partial charge in [-0.05, 0) is 35.9 Å². The van der Waals surface area contributed by atoms with Gasteiger partial charge in [-0.1, -0.05) is 28.1 Å². The number of hydrogen-bond acceptors (Lipinski definition) is 2. The van der Waals surface area contributed by atoms with Crippen LogP contribution in [0.2, 0.25) is 0 Å². The maximum Gasteiger partial charge on any atom is 0.335 e. The van der Waals surface area contributed by atoms with Crippen molar-refractivity contribution in [3.8, 4) is 0 Å². The molecule has 0 bridgehead atoms. The zero-order valence-corrected chi connectivity index (χ0v) is 12.4. The normalized spacial score (nSPS) is 10.2. The molecule has 2 aromatic rings. The van der Waals surface area contributed by atoms with Crippen LogP contribution in [0.25, 0.3) is 0 Å². The molecule has 108 valence electrons. The SMILES string of the molecule is O=C(Cc1ccc(Br)cc1)Nc1ccc(C(=O)O)cc1F. The highest BCUT2D eigenvalue weighted by Gasteiger charge is 2.11. The molecule has 0 heterocycles. The summed E-state index contributed by atoms with van der Waals surface area (Å²) in [6.07, 6.45) is 0.105. The average molecular weight is 352 g/mol. The van der Waals surface area contributed by atoms with Gasteiger partial charge in [0.1, 0.15) is 5.82 Å². The van der Waals surface area contributed by atoms with Gasteiger partial charge in [-0.3, -0.25) is 4.79 Å². The van der Waals surface area contributed by atoms with Crippen LogP contribution in [0.3, 0.4) is 0 Å². The average Bonchev–Trinajstić information content (AvgIpc) is 2.43. The van der Waals surface area contributed by atoms with Crippen molar-refractivity contribution in [2.24, 2.45) is 0 Å². The molecule has 2 N–H and O–H groups in total. The monoisotopic (exact) mass is 351 g/mol. The van der Waals surface area contributed by atoms with Crippen molar-refractivity contribution in [3.05, 3.63) is 63.9 Å². The lowest BCUT2D eigenvalue weighted by atomic mass is 10.1. The number of carbonyl (C=O) groups is 2. The Morgan fingerprint density at radius 3 is 2.38 bits per heavy atom. The molecule has 0 unspecified atom stereocenters. The van der Waals surface area contributed by atoms with Crippen molar-refractivity contribution in [2.45, 2.75) is 6.42 Å². The number of carbonyl (C=O) groups excluding carboxylic acids is 1. The molecule has 4 nitrogen and oxygen atoms in total. The molecule has 0 radical (unpaired) electrons. The number of amides is 1. The zero-order valence-electron chi connectivity index (χ0n) is 10.8. The molecule has 0 aliphatic carbocycles. The maximum atomic E-state index is 13.7. The second-order valence-corrected chi connectivity index (χ2v) is 5.27. The molecular weight excluding hydrogens is 341 g/mol. The first-order chi connectivity index (χ1) is 9.95. The lowest BCUT2D eigenvalue weighted by Gasteiger charge is -2.07. The molecule has 0 aromatic heterocycles. The highest BCUT2D eigenvalue weighted by Crippen LogP contribution is 2.17. The van der Waals surface area contributed by atoms with Crippen molar-refractivity contribution >= 4 is 33.5 Å². The fourth-order valence-corrected chi connectivity index (χ4v) is 2.00. The second kappa shape index (κ2) is 6.49. The third-order valence-corrected chi connectivity index (χ3v) is 3.30. The Kier molecular flexibility index (Phi) is 4.70. The van der Waals surface area contributed by atoms with Gasteiger partial charge in [0.15, 0.2) is 0 Å². The van der Waals surface area contributed by atoms with Gasteiger partial charge in [-0.25, -0.2) is 9.18 Å². The summed E-state index contributed by atoms with van der Waals surface area (Å²) in [7, 11) is 0. The molecule has 1 amide bonds. The molecule has 0 spiro atoms. The highest BCUT2D eigenvalue weighted by atomic mass is 79.9. The van der Waals surface area contributed by atoms with Gasteiger partial charge in [0.2, 0.25) is 5.91 Å². The summed E-state index contributed by atoms with van der Waals surface area (Å²) < 4.78 is 14.6. The fourth-order valence-electron chi connectivity index (χ4n) is 1.73. The maximum absolute atomic E-state index is 13.7. The Hall–Kier alpha value is -2.21. The summed E-state index contributed by atoms with van der Waals surface area (Å²) in [5.74, 6) is -2.38. The number of halogens is 2. The van der Waals surface area contributed by atoms with Gasteiger partial charge in [0.05, 0.1) is 17.7 Å².